The fraction of sp³-hybridized carbons (Fsp3) is 0.435. The predicted molar refractivity (Wildman–Crippen MR) is 125 cm³/mol. The molecule has 3 heterocycles. The van der Waals surface area contributed by atoms with E-state index in [0.717, 1.165) is 44.8 Å². The first-order valence-corrected chi connectivity index (χ1v) is 12.3. The van der Waals surface area contributed by atoms with Gasteiger partial charge in [-0.15, -0.1) is 10.2 Å². The fourth-order valence-electron chi connectivity index (χ4n) is 4.81. The summed E-state index contributed by atoms with van der Waals surface area (Å²) in [5, 5.41) is 9.76. The van der Waals surface area contributed by atoms with Gasteiger partial charge in [0.1, 0.15) is 0 Å². The molecule has 0 amide bonds. The summed E-state index contributed by atoms with van der Waals surface area (Å²) in [6.07, 6.45) is 6.24. The third kappa shape index (κ3) is 3.83. The van der Waals surface area contributed by atoms with Crippen molar-refractivity contribution in [2.24, 2.45) is 13.0 Å². The Bertz CT molecular complexity index is 1050. The number of fused-ring (bicyclic) bond motifs is 1. The summed E-state index contributed by atoms with van der Waals surface area (Å²) < 4.78 is 3.24. The van der Waals surface area contributed by atoms with Crippen LogP contribution < -0.4 is 0 Å². The van der Waals surface area contributed by atoms with Crippen LogP contribution in [-0.2, 0) is 12.5 Å². The van der Waals surface area contributed by atoms with Crippen LogP contribution in [0.15, 0.2) is 52.4 Å². The Morgan fingerprint density at radius 1 is 1.20 bits per heavy atom. The van der Waals surface area contributed by atoms with E-state index in [1.54, 1.807) is 11.8 Å². The van der Waals surface area contributed by atoms with Crippen molar-refractivity contribution in [1.29, 1.82) is 0 Å². The van der Waals surface area contributed by atoms with Gasteiger partial charge in [-0.05, 0) is 61.6 Å². The first-order chi connectivity index (χ1) is 14.5. The standard InChI is InChI=1S/C23H26BrN5S/c1-16-10-17(13-25-12-16)21-26-27-22(28(21)2)30-9-3-8-29-14-19-11-23(19,15-29)18-4-6-20(24)7-5-18/h4-7,10,12-13,19H,3,8-9,11,14-15H2,1-2H3. The highest BCUT2D eigenvalue weighted by Crippen LogP contribution is 2.59. The molecule has 5 rings (SSSR count). The minimum atomic E-state index is 0.425. The number of halogens is 1. The SMILES string of the molecule is Cc1cncc(-c2nnc(SCCCN3CC4CC4(c4ccc(Br)cc4)C3)n2C)c1. The van der Waals surface area contributed by atoms with E-state index in [0.29, 0.717) is 5.41 Å². The van der Waals surface area contributed by atoms with Crippen LogP contribution in [0.1, 0.15) is 24.0 Å². The summed E-state index contributed by atoms with van der Waals surface area (Å²) in [7, 11) is 2.04. The van der Waals surface area contributed by atoms with Gasteiger partial charge in [0.25, 0.3) is 0 Å². The fourth-order valence-corrected chi connectivity index (χ4v) is 5.91. The summed E-state index contributed by atoms with van der Waals surface area (Å²) in [5.41, 5.74) is 4.10. The largest absolute Gasteiger partial charge is 0.305 e. The van der Waals surface area contributed by atoms with Crippen molar-refractivity contribution in [1.82, 2.24) is 24.6 Å². The van der Waals surface area contributed by atoms with Crippen LogP contribution in [0.5, 0.6) is 0 Å². The van der Waals surface area contributed by atoms with Gasteiger partial charge in [0.05, 0.1) is 0 Å². The molecule has 1 saturated heterocycles. The minimum absolute atomic E-state index is 0.425. The zero-order valence-electron chi connectivity index (χ0n) is 17.4. The van der Waals surface area contributed by atoms with Gasteiger partial charge in [-0.3, -0.25) is 4.98 Å². The van der Waals surface area contributed by atoms with Gasteiger partial charge in [0.15, 0.2) is 11.0 Å². The predicted octanol–water partition coefficient (Wildman–Crippen LogP) is 4.70. The summed E-state index contributed by atoms with van der Waals surface area (Å²) >= 11 is 5.35. The first kappa shape index (κ1) is 20.2. The van der Waals surface area contributed by atoms with E-state index in [1.807, 2.05) is 26.4 Å². The molecule has 7 heteroatoms. The molecule has 0 N–H and O–H groups in total. The van der Waals surface area contributed by atoms with Crippen molar-refractivity contribution in [3.63, 3.8) is 0 Å². The molecule has 1 aliphatic carbocycles. The monoisotopic (exact) mass is 483 g/mol. The summed E-state index contributed by atoms with van der Waals surface area (Å²) in [6, 6.07) is 11.1. The third-order valence-electron chi connectivity index (χ3n) is 6.45. The van der Waals surface area contributed by atoms with Gasteiger partial charge in [0, 0.05) is 53.7 Å². The lowest BCUT2D eigenvalue weighted by molar-refractivity contribution is 0.299. The molecule has 30 heavy (non-hydrogen) atoms. The second kappa shape index (κ2) is 8.09. The van der Waals surface area contributed by atoms with Crippen molar-refractivity contribution in [2.75, 3.05) is 25.4 Å². The number of pyridine rings is 1. The summed E-state index contributed by atoms with van der Waals surface area (Å²) in [6.45, 7) is 5.66. The highest BCUT2D eigenvalue weighted by atomic mass is 79.9. The normalized spacial score (nSPS) is 23.0. The van der Waals surface area contributed by atoms with Crippen LogP contribution in [0.2, 0.25) is 0 Å². The van der Waals surface area contributed by atoms with Crippen LogP contribution in [0, 0.1) is 12.8 Å². The van der Waals surface area contributed by atoms with E-state index in [-0.39, 0.29) is 0 Å². The van der Waals surface area contributed by atoms with E-state index >= 15 is 0 Å². The molecule has 5 nitrogen and oxygen atoms in total. The smallest absolute Gasteiger partial charge is 0.191 e. The number of piperidine rings is 1. The molecule has 0 spiro atoms. The van der Waals surface area contributed by atoms with Crippen LogP contribution in [0.3, 0.4) is 0 Å². The number of aromatic nitrogens is 4. The lowest BCUT2D eigenvalue weighted by Gasteiger charge is -2.21. The summed E-state index contributed by atoms with van der Waals surface area (Å²) in [4.78, 5) is 6.93. The van der Waals surface area contributed by atoms with Crippen molar-refractivity contribution >= 4 is 27.7 Å². The number of aryl methyl sites for hydroxylation is 1. The molecular weight excluding hydrogens is 458 g/mol. The zero-order chi connectivity index (χ0) is 20.7. The number of hydrogen-bond donors (Lipinski definition) is 0. The Balaban J connectivity index is 1.13. The molecule has 1 aromatic carbocycles. The highest BCUT2D eigenvalue weighted by molar-refractivity contribution is 9.10. The molecule has 3 aromatic rings. The minimum Gasteiger partial charge on any atom is -0.305 e. The van der Waals surface area contributed by atoms with Crippen LogP contribution >= 0.6 is 27.7 Å². The molecule has 156 valence electrons. The second-order valence-electron chi connectivity index (χ2n) is 8.62. The Labute approximate surface area is 190 Å². The quantitative estimate of drug-likeness (QED) is 0.359. The number of hydrogen-bond acceptors (Lipinski definition) is 5. The lowest BCUT2D eigenvalue weighted by Crippen LogP contribution is -2.27. The number of benzene rings is 1. The second-order valence-corrected chi connectivity index (χ2v) is 10.6. The Morgan fingerprint density at radius 3 is 2.83 bits per heavy atom. The van der Waals surface area contributed by atoms with Gasteiger partial charge >= 0.3 is 0 Å². The maximum Gasteiger partial charge on any atom is 0.191 e. The molecule has 1 saturated carbocycles. The van der Waals surface area contributed by atoms with E-state index < -0.39 is 0 Å². The van der Waals surface area contributed by atoms with Gasteiger partial charge in [-0.25, -0.2) is 0 Å². The van der Waals surface area contributed by atoms with Crippen molar-refractivity contribution < 1.29 is 0 Å². The number of nitrogens with zero attached hydrogens (tertiary/aromatic N) is 5. The number of thioether (sulfide) groups is 1. The van der Waals surface area contributed by atoms with Crippen LogP contribution in [-0.4, -0.2) is 50.0 Å². The Morgan fingerprint density at radius 2 is 2.03 bits per heavy atom. The van der Waals surface area contributed by atoms with Gasteiger partial charge in [-0.2, -0.15) is 0 Å². The lowest BCUT2D eigenvalue weighted by atomic mass is 9.95. The van der Waals surface area contributed by atoms with E-state index in [1.165, 1.54) is 31.5 Å². The third-order valence-corrected chi connectivity index (χ3v) is 8.09. The van der Waals surface area contributed by atoms with E-state index in [2.05, 4.69) is 70.9 Å². The van der Waals surface area contributed by atoms with E-state index in [4.69, 9.17) is 0 Å². The Hall–Kier alpha value is -1.70. The molecule has 2 aliphatic rings. The van der Waals surface area contributed by atoms with Crippen molar-refractivity contribution in [3.05, 3.63) is 58.3 Å². The van der Waals surface area contributed by atoms with Crippen molar-refractivity contribution in [3.8, 4) is 11.4 Å². The molecule has 0 radical (unpaired) electrons. The molecule has 2 aromatic heterocycles. The molecule has 2 unspecified atom stereocenters. The Kier molecular flexibility index (Phi) is 5.45. The first-order valence-electron chi connectivity index (χ1n) is 10.5. The van der Waals surface area contributed by atoms with Crippen molar-refractivity contribution in [2.45, 2.75) is 30.3 Å². The topological polar surface area (TPSA) is 46.8 Å². The maximum absolute atomic E-state index is 4.40. The zero-order valence-corrected chi connectivity index (χ0v) is 19.8. The van der Waals surface area contributed by atoms with Crippen LogP contribution in [0.25, 0.3) is 11.4 Å². The summed E-state index contributed by atoms with van der Waals surface area (Å²) in [5.74, 6) is 2.78. The maximum atomic E-state index is 4.40. The molecule has 2 atom stereocenters. The van der Waals surface area contributed by atoms with Gasteiger partial charge < -0.3 is 9.47 Å². The average Bonchev–Trinajstić information content (AvgIpc) is 3.11. The molecule has 1 aliphatic heterocycles. The van der Waals surface area contributed by atoms with Gasteiger partial charge in [0.2, 0.25) is 0 Å². The molecule has 2 fully saturated rings. The highest BCUT2D eigenvalue weighted by Gasteiger charge is 2.60. The number of rotatable bonds is 7. The van der Waals surface area contributed by atoms with Crippen LogP contribution in [0.4, 0.5) is 0 Å². The molecular formula is C23H26BrN5S. The van der Waals surface area contributed by atoms with Gasteiger partial charge in [-0.1, -0.05) is 39.8 Å². The molecule has 0 bridgehead atoms. The van der Waals surface area contributed by atoms with E-state index in [9.17, 15) is 0 Å². The number of likely N-dealkylation sites (tertiary alicyclic amines) is 1. The average molecular weight is 484 g/mol.